The van der Waals surface area contributed by atoms with E-state index in [1.165, 1.54) is 0 Å². The molecule has 0 aliphatic carbocycles. The van der Waals surface area contributed by atoms with Crippen LogP contribution in [0.15, 0.2) is 24.3 Å². The number of methoxy groups -OCH3 is 1. The molecule has 1 aliphatic heterocycles. The zero-order valence-electron chi connectivity index (χ0n) is 9.66. The highest BCUT2D eigenvalue weighted by atomic mass is 32.2. The number of carbonyl (C=O) groups excluding carboxylic acids is 1. The van der Waals surface area contributed by atoms with E-state index in [1.54, 1.807) is 18.9 Å². The lowest BCUT2D eigenvalue weighted by Crippen LogP contribution is -2.28. The van der Waals surface area contributed by atoms with Gasteiger partial charge in [0.25, 0.3) is 0 Å². The molecule has 0 saturated carbocycles. The minimum absolute atomic E-state index is 0.214. The Kier molecular flexibility index (Phi) is 3.24. The highest BCUT2D eigenvalue weighted by Crippen LogP contribution is 2.40. The third-order valence-electron chi connectivity index (χ3n) is 3.05. The van der Waals surface area contributed by atoms with Crippen LogP contribution in [0.25, 0.3) is 0 Å². The highest BCUT2D eigenvalue weighted by molar-refractivity contribution is 8.01. The molecule has 86 valence electrons. The van der Waals surface area contributed by atoms with Crippen molar-refractivity contribution in [3.63, 3.8) is 0 Å². The van der Waals surface area contributed by atoms with E-state index in [9.17, 15) is 4.79 Å². The maximum absolute atomic E-state index is 12.3. The normalized spacial score (nSPS) is 24.4. The number of hydrogen-bond acceptors (Lipinski definition) is 3. The fraction of sp³-hybridized carbons (Fsp3) is 0.462. The van der Waals surface area contributed by atoms with Crippen molar-refractivity contribution in [1.29, 1.82) is 0 Å². The molecule has 1 aromatic carbocycles. The Morgan fingerprint density at radius 2 is 2.06 bits per heavy atom. The molecule has 1 unspecified atom stereocenters. The monoisotopic (exact) mass is 236 g/mol. The third kappa shape index (κ3) is 2.09. The van der Waals surface area contributed by atoms with Crippen LogP contribution in [0.5, 0.6) is 5.75 Å². The largest absolute Gasteiger partial charge is 0.497 e. The molecular formula is C13H16O2S. The van der Waals surface area contributed by atoms with Crippen molar-refractivity contribution in [1.82, 2.24) is 0 Å². The molecule has 1 aromatic rings. The number of ketones is 1. The average molecular weight is 236 g/mol. The molecule has 2 nitrogen and oxygen atoms in total. The summed E-state index contributed by atoms with van der Waals surface area (Å²) in [4.78, 5) is 12.3. The Balaban J connectivity index is 2.20. The van der Waals surface area contributed by atoms with Crippen molar-refractivity contribution in [2.24, 2.45) is 0 Å². The number of Topliss-reactive ketones (excluding diaryl/α,β-unsaturated/α-hetero) is 1. The molecule has 0 bridgehead atoms. The zero-order valence-corrected chi connectivity index (χ0v) is 10.5. The standard InChI is InChI=1S/C13H16O2S/c1-13(8-3-9-16-13)12(14)10-4-6-11(15-2)7-5-10/h4-7H,3,8-9H2,1-2H3. The van der Waals surface area contributed by atoms with Gasteiger partial charge in [0.05, 0.1) is 11.9 Å². The summed E-state index contributed by atoms with van der Waals surface area (Å²) in [5, 5.41) is 0. The Labute approximate surface area is 100 Å². The lowest BCUT2D eigenvalue weighted by atomic mass is 9.95. The number of ether oxygens (including phenoxy) is 1. The first kappa shape index (κ1) is 11.5. The van der Waals surface area contributed by atoms with E-state index < -0.39 is 0 Å². The van der Waals surface area contributed by atoms with Crippen LogP contribution >= 0.6 is 11.8 Å². The van der Waals surface area contributed by atoms with Gasteiger partial charge in [-0.2, -0.15) is 0 Å². The number of thioether (sulfide) groups is 1. The predicted molar refractivity (Wildman–Crippen MR) is 67.4 cm³/mol. The van der Waals surface area contributed by atoms with E-state index in [0.29, 0.717) is 0 Å². The van der Waals surface area contributed by atoms with Crippen LogP contribution in [0.3, 0.4) is 0 Å². The quantitative estimate of drug-likeness (QED) is 0.754. The van der Waals surface area contributed by atoms with Gasteiger partial charge in [-0.25, -0.2) is 0 Å². The number of carbonyl (C=O) groups is 1. The van der Waals surface area contributed by atoms with Crippen LogP contribution in [-0.2, 0) is 0 Å². The Morgan fingerprint density at radius 1 is 1.38 bits per heavy atom. The topological polar surface area (TPSA) is 26.3 Å². The molecule has 2 rings (SSSR count). The van der Waals surface area contributed by atoms with E-state index in [0.717, 1.165) is 29.9 Å². The molecule has 0 N–H and O–H groups in total. The van der Waals surface area contributed by atoms with Crippen molar-refractivity contribution in [3.8, 4) is 5.75 Å². The van der Waals surface area contributed by atoms with E-state index in [1.807, 2.05) is 24.3 Å². The van der Waals surface area contributed by atoms with Gasteiger partial charge in [0.1, 0.15) is 5.75 Å². The minimum atomic E-state index is -0.214. The molecule has 1 fully saturated rings. The van der Waals surface area contributed by atoms with Gasteiger partial charge in [-0.15, -0.1) is 11.8 Å². The van der Waals surface area contributed by atoms with Crippen molar-refractivity contribution >= 4 is 17.5 Å². The number of benzene rings is 1. The smallest absolute Gasteiger partial charge is 0.178 e. The van der Waals surface area contributed by atoms with Crippen LogP contribution in [0.4, 0.5) is 0 Å². The summed E-state index contributed by atoms with van der Waals surface area (Å²) in [6.07, 6.45) is 2.13. The first-order chi connectivity index (χ1) is 7.65. The second kappa shape index (κ2) is 4.50. The number of hydrogen-bond donors (Lipinski definition) is 0. The summed E-state index contributed by atoms with van der Waals surface area (Å²) in [6.45, 7) is 2.05. The fourth-order valence-corrected chi connectivity index (χ4v) is 3.28. The number of rotatable bonds is 3. The Morgan fingerprint density at radius 3 is 2.56 bits per heavy atom. The molecule has 0 spiro atoms. The SMILES string of the molecule is COc1ccc(C(=O)C2(C)CCCS2)cc1. The van der Waals surface area contributed by atoms with Crippen LogP contribution in [0.2, 0.25) is 0 Å². The van der Waals surface area contributed by atoms with Gasteiger partial charge in [0, 0.05) is 5.56 Å². The van der Waals surface area contributed by atoms with Gasteiger partial charge in [0.2, 0.25) is 0 Å². The van der Waals surface area contributed by atoms with Crippen LogP contribution in [0, 0.1) is 0 Å². The zero-order chi connectivity index (χ0) is 11.6. The maximum Gasteiger partial charge on any atom is 0.178 e. The van der Waals surface area contributed by atoms with E-state index >= 15 is 0 Å². The molecule has 3 heteroatoms. The van der Waals surface area contributed by atoms with Crippen molar-refractivity contribution in [3.05, 3.63) is 29.8 Å². The van der Waals surface area contributed by atoms with E-state index in [4.69, 9.17) is 4.74 Å². The summed E-state index contributed by atoms with van der Waals surface area (Å²) in [5.41, 5.74) is 0.790. The molecule has 1 atom stereocenters. The summed E-state index contributed by atoms with van der Waals surface area (Å²) in [5.74, 6) is 2.14. The second-order valence-corrected chi connectivity index (χ2v) is 5.84. The van der Waals surface area contributed by atoms with Crippen LogP contribution in [-0.4, -0.2) is 23.4 Å². The highest BCUT2D eigenvalue weighted by Gasteiger charge is 2.37. The van der Waals surface area contributed by atoms with Crippen molar-refractivity contribution in [2.45, 2.75) is 24.5 Å². The Hall–Kier alpha value is -0.960. The Bertz CT molecular complexity index is 377. The molecule has 0 aromatic heterocycles. The van der Waals surface area contributed by atoms with Gasteiger partial charge < -0.3 is 4.74 Å². The van der Waals surface area contributed by atoms with Crippen LogP contribution < -0.4 is 4.74 Å². The molecule has 1 aliphatic rings. The molecule has 0 amide bonds. The molecule has 0 radical (unpaired) electrons. The molecule has 1 heterocycles. The predicted octanol–water partition coefficient (Wildman–Crippen LogP) is 3.16. The second-order valence-electron chi connectivity index (χ2n) is 4.24. The minimum Gasteiger partial charge on any atom is -0.497 e. The van der Waals surface area contributed by atoms with Gasteiger partial charge in [-0.1, -0.05) is 0 Å². The molecule has 1 saturated heterocycles. The van der Waals surface area contributed by atoms with Crippen molar-refractivity contribution in [2.75, 3.05) is 12.9 Å². The van der Waals surface area contributed by atoms with Gasteiger partial charge in [-0.05, 0) is 49.8 Å². The molecular weight excluding hydrogens is 220 g/mol. The van der Waals surface area contributed by atoms with Gasteiger partial charge in [0.15, 0.2) is 5.78 Å². The summed E-state index contributed by atoms with van der Waals surface area (Å²) < 4.78 is 4.87. The fourth-order valence-electron chi connectivity index (χ4n) is 2.01. The summed E-state index contributed by atoms with van der Waals surface area (Å²) in [7, 11) is 1.63. The van der Waals surface area contributed by atoms with E-state index in [2.05, 4.69) is 6.92 Å². The summed E-state index contributed by atoms with van der Waals surface area (Å²) in [6, 6.07) is 7.39. The first-order valence-corrected chi connectivity index (χ1v) is 6.47. The lowest BCUT2D eigenvalue weighted by Gasteiger charge is -2.20. The van der Waals surface area contributed by atoms with Crippen LogP contribution in [0.1, 0.15) is 30.1 Å². The van der Waals surface area contributed by atoms with Crippen molar-refractivity contribution < 1.29 is 9.53 Å². The van der Waals surface area contributed by atoms with Gasteiger partial charge >= 0.3 is 0 Å². The lowest BCUT2D eigenvalue weighted by molar-refractivity contribution is 0.0949. The third-order valence-corrected chi connectivity index (χ3v) is 4.57. The van der Waals surface area contributed by atoms with E-state index in [-0.39, 0.29) is 10.5 Å². The molecule has 16 heavy (non-hydrogen) atoms. The average Bonchev–Trinajstić information content (AvgIpc) is 2.77. The summed E-state index contributed by atoms with van der Waals surface area (Å²) >= 11 is 1.78. The van der Waals surface area contributed by atoms with Gasteiger partial charge in [-0.3, -0.25) is 4.79 Å². The first-order valence-electron chi connectivity index (χ1n) is 5.48. The maximum atomic E-state index is 12.3.